The van der Waals surface area contributed by atoms with Crippen LogP contribution in [0.25, 0.3) is 0 Å². The molecule has 84 valence electrons. The molecular formula is C14H22O. The van der Waals surface area contributed by atoms with Crippen molar-refractivity contribution in [3.63, 3.8) is 0 Å². The lowest BCUT2D eigenvalue weighted by Gasteiger charge is -2.35. The van der Waals surface area contributed by atoms with Gasteiger partial charge in [0.05, 0.1) is 0 Å². The third-order valence-corrected chi connectivity index (χ3v) is 3.66. The fourth-order valence-corrected chi connectivity index (χ4v) is 2.60. The number of hydrogen-bond donors (Lipinski definition) is 0. The molecule has 0 radical (unpaired) electrons. The van der Waals surface area contributed by atoms with Gasteiger partial charge in [0.15, 0.2) is 5.78 Å². The van der Waals surface area contributed by atoms with Gasteiger partial charge in [-0.2, -0.15) is 0 Å². The van der Waals surface area contributed by atoms with Crippen LogP contribution >= 0.6 is 0 Å². The number of carbonyl (C=O) groups excluding carboxylic acids is 1. The van der Waals surface area contributed by atoms with E-state index in [1.807, 2.05) is 13.0 Å². The summed E-state index contributed by atoms with van der Waals surface area (Å²) in [6.45, 7) is 8.43. The zero-order valence-electron chi connectivity index (χ0n) is 10.4. The van der Waals surface area contributed by atoms with E-state index in [1.165, 1.54) is 12.0 Å². The smallest absolute Gasteiger partial charge is 0.181 e. The van der Waals surface area contributed by atoms with Crippen LogP contribution in [0, 0.1) is 5.41 Å². The molecule has 0 bridgehead atoms. The molecule has 0 aromatic rings. The molecule has 0 heterocycles. The molecule has 0 aromatic heterocycles. The van der Waals surface area contributed by atoms with Gasteiger partial charge < -0.3 is 0 Å². The van der Waals surface area contributed by atoms with Gasteiger partial charge in [-0.15, -0.1) is 0 Å². The molecule has 15 heavy (non-hydrogen) atoms. The van der Waals surface area contributed by atoms with Crippen LogP contribution in [-0.4, -0.2) is 5.78 Å². The van der Waals surface area contributed by atoms with Gasteiger partial charge in [0, 0.05) is 5.57 Å². The third kappa shape index (κ3) is 2.39. The van der Waals surface area contributed by atoms with Crippen molar-refractivity contribution in [2.24, 2.45) is 5.41 Å². The van der Waals surface area contributed by atoms with E-state index in [2.05, 4.69) is 20.8 Å². The molecule has 1 nitrogen and oxygen atoms in total. The van der Waals surface area contributed by atoms with Crippen LogP contribution in [0.15, 0.2) is 23.3 Å². The highest BCUT2D eigenvalue weighted by atomic mass is 16.1. The maximum Gasteiger partial charge on any atom is 0.181 e. The van der Waals surface area contributed by atoms with Gasteiger partial charge in [-0.1, -0.05) is 25.5 Å². The average Bonchev–Trinajstić information content (AvgIpc) is 2.18. The first kappa shape index (κ1) is 12.2. The van der Waals surface area contributed by atoms with Gasteiger partial charge in [0.1, 0.15) is 0 Å². The molecule has 0 aromatic carbocycles. The number of rotatable bonds is 3. The summed E-state index contributed by atoms with van der Waals surface area (Å²) in [5.41, 5.74) is 2.49. The monoisotopic (exact) mass is 206 g/mol. The zero-order valence-corrected chi connectivity index (χ0v) is 10.4. The molecule has 1 atom stereocenters. The summed E-state index contributed by atoms with van der Waals surface area (Å²) in [4.78, 5) is 12.0. The Kier molecular flexibility index (Phi) is 3.90. The largest absolute Gasteiger partial charge is 0.290 e. The van der Waals surface area contributed by atoms with E-state index < -0.39 is 0 Å². The van der Waals surface area contributed by atoms with Crippen LogP contribution in [0.1, 0.15) is 53.4 Å². The summed E-state index contributed by atoms with van der Waals surface area (Å²) < 4.78 is 0. The second-order valence-electron chi connectivity index (χ2n) is 4.79. The van der Waals surface area contributed by atoms with E-state index in [1.54, 1.807) is 6.08 Å². The lowest BCUT2D eigenvalue weighted by atomic mass is 9.68. The van der Waals surface area contributed by atoms with E-state index in [0.717, 1.165) is 24.8 Å². The van der Waals surface area contributed by atoms with Crippen molar-refractivity contribution >= 4 is 5.78 Å². The molecule has 1 heteroatoms. The maximum atomic E-state index is 12.0. The molecule has 0 N–H and O–H groups in total. The van der Waals surface area contributed by atoms with E-state index in [0.29, 0.717) is 0 Å². The Hall–Kier alpha value is -0.850. The normalized spacial score (nSPS) is 27.5. The third-order valence-electron chi connectivity index (χ3n) is 3.66. The molecule has 0 saturated carbocycles. The first-order valence-corrected chi connectivity index (χ1v) is 5.92. The maximum absolute atomic E-state index is 12.0. The van der Waals surface area contributed by atoms with Crippen molar-refractivity contribution in [1.82, 2.24) is 0 Å². The number of ketones is 1. The lowest BCUT2D eigenvalue weighted by Crippen LogP contribution is -2.27. The van der Waals surface area contributed by atoms with Crippen molar-refractivity contribution in [2.75, 3.05) is 0 Å². The van der Waals surface area contributed by atoms with Crippen LogP contribution in [0.5, 0.6) is 0 Å². The standard InChI is InChI=1S/C14H22O/c1-5-8-12(15)13-11(3)9-7-10-14(13,4)6-2/h5,8H,6-7,9-10H2,1-4H3/b8-5+. The van der Waals surface area contributed by atoms with Crippen molar-refractivity contribution < 1.29 is 4.79 Å². The first-order valence-electron chi connectivity index (χ1n) is 5.92. The van der Waals surface area contributed by atoms with Crippen LogP contribution < -0.4 is 0 Å². The Balaban J connectivity index is 3.12. The first-order chi connectivity index (χ1) is 7.05. The predicted molar refractivity (Wildman–Crippen MR) is 64.8 cm³/mol. The predicted octanol–water partition coefficient (Wildman–Crippen LogP) is 4.05. The SMILES string of the molecule is C/C=C/C(=O)C1=C(C)CCCC1(C)CC. The Morgan fingerprint density at radius 2 is 2.20 bits per heavy atom. The highest BCUT2D eigenvalue weighted by molar-refractivity contribution is 6.05. The fraction of sp³-hybridized carbons (Fsp3) is 0.643. The summed E-state index contributed by atoms with van der Waals surface area (Å²) in [5.74, 6) is 0.221. The van der Waals surface area contributed by atoms with E-state index in [4.69, 9.17) is 0 Å². The molecule has 0 amide bonds. The van der Waals surface area contributed by atoms with Crippen molar-refractivity contribution in [2.45, 2.75) is 53.4 Å². The van der Waals surface area contributed by atoms with Crippen molar-refractivity contribution in [3.8, 4) is 0 Å². The Morgan fingerprint density at radius 1 is 1.53 bits per heavy atom. The summed E-state index contributed by atoms with van der Waals surface area (Å²) in [7, 11) is 0. The van der Waals surface area contributed by atoms with Crippen molar-refractivity contribution in [3.05, 3.63) is 23.3 Å². The molecule has 1 rings (SSSR count). The van der Waals surface area contributed by atoms with Crippen LogP contribution in [0.2, 0.25) is 0 Å². The number of allylic oxidation sites excluding steroid dienone is 4. The van der Waals surface area contributed by atoms with Gasteiger partial charge in [-0.3, -0.25) is 4.79 Å². The second-order valence-corrected chi connectivity index (χ2v) is 4.79. The molecule has 0 fully saturated rings. The zero-order chi connectivity index (χ0) is 11.5. The van der Waals surface area contributed by atoms with Gasteiger partial charge in [0.25, 0.3) is 0 Å². The molecular weight excluding hydrogens is 184 g/mol. The minimum Gasteiger partial charge on any atom is -0.290 e. The molecule has 0 saturated heterocycles. The van der Waals surface area contributed by atoms with Crippen molar-refractivity contribution in [1.29, 1.82) is 0 Å². The van der Waals surface area contributed by atoms with Crippen LogP contribution in [0.4, 0.5) is 0 Å². The fourth-order valence-electron chi connectivity index (χ4n) is 2.60. The molecule has 0 spiro atoms. The van der Waals surface area contributed by atoms with E-state index in [9.17, 15) is 4.79 Å². The molecule has 0 aliphatic heterocycles. The van der Waals surface area contributed by atoms with E-state index >= 15 is 0 Å². The highest BCUT2D eigenvalue weighted by Crippen LogP contribution is 2.43. The average molecular weight is 206 g/mol. The number of hydrogen-bond acceptors (Lipinski definition) is 1. The lowest BCUT2D eigenvalue weighted by molar-refractivity contribution is -0.112. The number of carbonyl (C=O) groups is 1. The molecule has 1 aliphatic rings. The molecule has 1 unspecified atom stereocenters. The summed E-state index contributed by atoms with van der Waals surface area (Å²) in [6, 6.07) is 0. The highest BCUT2D eigenvalue weighted by Gasteiger charge is 2.34. The Bertz CT molecular complexity index is 309. The Labute approximate surface area is 93.3 Å². The van der Waals surface area contributed by atoms with Crippen LogP contribution in [0.3, 0.4) is 0 Å². The summed E-state index contributed by atoms with van der Waals surface area (Å²) in [5, 5.41) is 0. The topological polar surface area (TPSA) is 17.1 Å². The van der Waals surface area contributed by atoms with Gasteiger partial charge in [-0.25, -0.2) is 0 Å². The molecule has 1 aliphatic carbocycles. The minimum atomic E-state index is 0.110. The van der Waals surface area contributed by atoms with Gasteiger partial charge >= 0.3 is 0 Å². The summed E-state index contributed by atoms with van der Waals surface area (Å²) in [6.07, 6.45) is 8.07. The van der Waals surface area contributed by atoms with Gasteiger partial charge in [0.2, 0.25) is 0 Å². The van der Waals surface area contributed by atoms with Gasteiger partial charge in [-0.05, 0) is 51.0 Å². The second kappa shape index (κ2) is 4.78. The van der Waals surface area contributed by atoms with Crippen LogP contribution in [-0.2, 0) is 4.79 Å². The Morgan fingerprint density at radius 3 is 2.73 bits per heavy atom. The summed E-state index contributed by atoms with van der Waals surface area (Å²) >= 11 is 0. The minimum absolute atomic E-state index is 0.110. The van der Waals surface area contributed by atoms with E-state index in [-0.39, 0.29) is 11.2 Å². The quantitative estimate of drug-likeness (QED) is 0.637.